The number of esters is 2. The van der Waals surface area contributed by atoms with E-state index < -0.39 is 0 Å². The summed E-state index contributed by atoms with van der Waals surface area (Å²) in [5, 5.41) is 0. The Morgan fingerprint density at radius 2 is 1.69 bits per heavy atom. The van der Waals surface area contributed by atoms with Crippen molar-refractivity contribution >= 4 is 17.7 Å². The van der Waals surface area contributed by atoms with E-state index in [1.54, 1.807) is 5.57 Å². The molecular formula is C31H46O5. The van der Waals surface area contributed by atoms with E-state index in [2.05, 4.69) is 40.7 Å². The van der Waals surface area contributed by atoms with Gasteiger partial charge in [0.15, 0.2) is 5.78 Å². The van der Waals surface area contributed by atoms with Crippen molar-refractivity contribution in [2.24, 2.45) is 40.4 Å². The minimum Gasteiger partial charge on any atom is -0.463 e. The fraction of sp³-hybridized carbons (Fsp3) is 0.774. The third-order valence-electron chi connectivity index (χ3n) is 10.2. The van der Waals surface area contributed by atoms with Crippen molar-refractivity contribution < 1.29 is 23.9 Å². The molecule has 5 nitrogen and oxygen atoms in total. The van der Waals surface area contributed by atoms with Crippen molar-refractivity contribution in [1.29, 1.82) is 0 Å². The van der Waals surface area contributed by atoms with E-state index in [1.165, 1.54) is 19.4 Å². The third kappa shape index (κ3) is 4.96. The van der Waals surface area contributed by atoms with Gasteiger partial charge in [0, 0.05) is 26.2 Å². The standard InChI is InChI=1S/C31H46O5/c1-18(2)14-22(34)15-19(3)25-8-9-26-24-17-29(36-21(5)33)28-16-23(35-20(4)32)10-12-31(28,7)27(24)11-13-30(25,26)6/h11,15,18,23-26,28-29H,8-10,12-14,16-17H2,1-7H3/b19-15+/t23?,24-,25+,26-,28?,29?,30+,31+/m0/s1. The van der Waals surface area contributed by atoms with Gasteiger partial charge in [-0.15, -0.1) is 0 Å². The van der Waals surface area contributed by atoms with Crippen LogP contribution in [0.4, 0.5) is 0 Å². The van der Waals surface area contributed by atoms with Crippen LogP contribution in [0.1, 0.15) is 99.8 Å². The van der Waals surface area contributed by atoms with Crippen LogP contribution in [0, 0.1) is 40.4 Å². The molecule has 0 amide bonds. The molecule has 200 valence electrons. The van der Waals surface area contributed by atoms with Gasteiger partial charge < -0.3 is 9.47 Å². The Bertz CT molecular complexity index is 960. The Hall–Kier alpha value is -1.91. The van der Waals surface area contributed by atoms with E-state index in [0.717, 1.165) is 44.9 Å². The molecule has 0 aliphatic heterocycles. The molecule has 0 aromatic carbocycles. The quantitative estimate of drug-likeness (QED) is 0.234. The zero-order chi connectivity index (χ0) is 26.4. The summed E-state index contributed by atoms with van der Waals surface area (Å²) in [4.78, 5) is 36.4. The molecule has 0 aromatic rings. The molecule has 5 heteroatoms. The van der Waals surface area contributed by atoms with Gasteiger partial charge in [0.2, 0.25) is 0 Å². The van der Waals surface area contributed by atoms with Crippen molar-refractivity contribution in [1.82, 2.24) is 0 Å². The number of ether oxygens (including phenoxy) is 2. The Kier molecular flexibility index (Phi) is 7.61. The molecule has 0 bridgehead atoms. The van der Waals surface area contributed by atoms with Crippen molar-refractivity contribution in [3.63, 3.8) is 0 Å². The van der Waals surface area contributed by atoms with Crippen LogP contribution < -0.4 is 0 Å². The molecule has 0 saturated heterocycles. The normalized spacial score (nSPS) is 40.0. The highest BCUT2D eigenvalue weighted by Gasteiger charge is 2.60. The number of allylic oxidation sites excluding steroid dienone is 4. The number of hydrogen-bond donors (Lipinski definition) is 0. The number of fused-ring (bicyclic) bond motifs is 5. The number of hydrogen-bond acceptors (Lipinski definition) is 5. The lowest BCUT2D eigenvalue weighted by atomic mass is 9.47. The Labute approximate surface area is 217 Å². The summed E-state index contributed by atoms with van der Waals surface area (Å²) in [6, 6.07) is 0. The lowest BCUT2D eigenvalue weighted by Crippen LogP contribution is -2.54. The summed E-state index contributed by atoms with van der Waals surface area (Å²) in [6.07, 6.45) is 11.5. The van der Waals surface area contributed by atoms with Gasteiger partial charge in [-0.1, -0.05) is 44.9 Å². The minimum atomic E-state index is -0.235. The first kappa shape index (κ1) is 27.1. The third-order valence-corrected chi connectivity index (χ3v) is 10.2. The van der Waals surface area contributed by atoms with Gasteiger partial charge in [-0.3, -0.25) is 14.4 Å². The molecule has 0 spiro atoms. The van der Waals surface area contributed by atoms with Gasteiger partial charge in [-0.05, 0) is 92.4 Å². The summed E-state index contributed by atoms with van der Waals surface area (Å²) in [5.74, 6) is 1.65. The first-order valence-corrected chi connectivity index (χ1v) is 14.1. The fourth-order valence-corrected chi connectivity index (χ4v) is 8.76. The van der Waals surface area contributed by atoms with Gasteiger partial charge in [-0.2, -0.15) is 0 Å². The van der Waals surface area contributed by atoms with Crippen LogP contribution in [0.15, 0.2) is 23.3 Å². The van der Waals surface area contributed by atoms with Gasteiger partial charge >= 0.3 is 11.9 Å². The average Bonchev–Trinajstić information content (AvgIpc) is 3.10. The molecule has 0 aromatic heterocycles. The topological polar surface area (TPSA) is 69.7 Å². The summed E-state index contributed by atoms with van der Waals surface area (Å²) in [6.45, 7) is 14.1. The maximum atomic E-state index is 12.6. The van der Waals surface area contributed by atoms with Gasteiger partial charge in [0.05, 0.1) is 0 Å². The second-order valence-electron chi connectivity index (χ2n) is 13.1. The van der Waals surface area contributed by atoms with Crippen LogP contribution in [0.2, 0.25) is 0 Å². The van der Waals surface area contributed by atoms with Crippen molar-refractivity contribution in [3.05, 3.63) is 23.3 Å². The predicted molar refractivity (Wildman–Crippen MR) is 140 cm³/mol. The molecule has 36 heavy (non-hydrogen) atoms. The monoisotopic (exact) mass is 498 g/mol. The smallest absolute Gasteiger partial charge is 0.302 e. The molecule has 3 saturated carbocycles. The minimum absolute atomic E-state index is 0.0444. The maximum absolute atomic E-state index is 12.6. The Morgan fingerprint density at radius 3 is 2.33 bits per heavy atom. The Balaban J connectivity index is 1.64. The molecule has 3 unspecified atom stereocenters. The van der Waals surface area contributed by atoms with E-state index in [9.17, 15) is 14.4 Å². The highest BCUT2D eigenvalue weighted by Crippen LogP contribution is 2.66. The van der Waals surface area contributed by atoms with Crippen molar-refractivity contribution in [2.75, 3.05) is 0 Å². The van der Waals surface area contributed by atoms with Crippen molar-refractivity contribution in [2.45, 2.75) is 112 Å². The van der Waals surface area contributed by atoms with Crippen LogP contribution >= 0.6 is 0 Å². The number of carbonyl (C=O) groups excluding carboxylic acids is 3. The molecular weight excluding hydrogens is 452 g/mol. The fourth-order valence-electron chi connectivity index (χ4n) is 8.76. The summed E-state index contributed by atoms with van der Waals surface area (Å²) >= 11 is 0. The van der Waals surface area contributed by atoms with E-state index in [4.69, 9.17) is 9.47 Å². The average molecular weight is 499 g/mol. The maximum Gasteiger partial charge on any atom is 0.302 e. The highest BCUT2D eigenvalue weighted by molar-refractivity contribution is 5.90. The molecule has 4 aliphatic carbocycles. The molecule has 8 atom stereocenters. The number of carbonyl (C=O) groups is 3. The molecule has 0 radical (unpaired) electrons. The summed E-state index contributed by atoms with van der Waals surface area (Å²) in [7, 11) is 0. The van der Waals surface area contributed by atoms with Gasteiger partial charge in [0.1, 0.15) is 12.2 Å². The zero-order valence-corrected chi connectivity index (χ0v) is 23.4. The van der Waals surface area contributed by atoms with Crippen LogP contribution in [-0.4, -0.2) is 29.9 Å². The molecule has 3 fully saturated rings. The second kappa shape index (κ2) is 10.1. The van der Waals surface area contributed by atoms with Crippen molar-refractivity contribution in [3.8, 4) is 0 Å². The van der Waals surface area contributed by atoms with E-state index in [0.29, 0.717) is 30.1 Å². The first-order valence-electron chi connectivity index (χ1n) is 14.1. The predicted octanol–water partition coefficient (Wildman–Crippen LogP) is 6.60. The SMILES string of the molecule is CC(=O)OC1CC[C@]2(C)C3=CC[C@]4(C)[C@@H](/C(C)=C/C(=O)CC(C)C)CC[C@H]4[C@@H]3CC(OC(C)=O)C2C1. The number of ketones is 1. The first-order chi connectivity index (χ1) is 16.8. The molecule has 4 aliphatic rings. The molecule has 4 rings (SSSR count). The molecule has 0 N–H and O–H groups in total. The van der Waals surface area contributed by atoms with Crippen LogP contribution in [0.25, 0.3) is 0 Å². The summed E-state index contributed by atoms with van der Waals surface area (Å²) in [5.41, 5.74) is 2.86. The van der Waals surface area contributed by atoms with Crippen LogP contribution in [0.3, 0.4) is 0 Å². The van der Waals surface area contributed by atoms with E-state index in [-0.39, 0.29) is 46.7 Å². The highest BCUT2D eigenvalue weighted by atomic mass is 16.5. The summed E-state index contributed by atoms with van der Waals surface area (Å²) < 4.78 is 11.6. The largest absolute Gasteiger partial charge is 0.463 e. The number of rotatable bonds is 6. The van der Waals surface area contributed by atoms with E-state index >= 15 is 0 Å². The second-order valence-corrected chi connectivity index (χ2v) is 13.1. The Morgan fingerprint density at radius 1 is 1.00 bits per heavy atom. The van der Waals surface area contributed by atoms with Crippen LogP contribution in [0.5, 0.6) is 0 Å². The van der Waals surface area contributed by atoms with Gasteiger partial charge in [-0.25, -0.2) is 0 Å². The van der Waals surface area contributed by atoms with Crippen LogP contribution in [-0.2, 0) is 23.9 Å². The molecule has 0 heterocycles. The van der Waals surface area contributed by atoms with E-state index in [1.807, 2.05) is 6.08 Å². The zero-order valence-electron chi connectivity index (χ0n) is 23.4. The lowest BCUT2D eigenvalue weighted by Gasteiger charge is -2.58. The lowest BCUT2D eigenvalue weighted by molar-refractivity contribution is -0.168. The van der Waals surface area contributed by atoms with Gasteiger partial charge in [0.25, 0.3) is 0 Å².